The van der Waals surface area contributed by atoms with Gasteiger partial charge in [-0.15, -0.1) is 0 Å². The molecule has 128 valence electrons. The Morgan fingerprint density at radius 2 is 1.96 bits per heavy atom. The number of rotatable bonds is 5. The maximum atomic E-state index is 12.7. The van der Waals surface area contributed by atoms with Crippen LogP contribution in [0.4, 0.5) is 17.1 Å². The van der Waals surface area contributed by atoms with Gasteiger partial charge in [0.15, 0.2) is 0 Å². The number of para-hydroxylation sites is 2. The quantitative estimate of drug-likeness (QED) is 0.509. The van der Waals surface area contributed by atoms with Crippen molar-refractivity contribution in [3.8, 4) is 5.75 Å². The van der Waals surface area contributed by atoms with Crippen LogP contribution < -0.4 is 15.0 Å². The van der Waals surface area contributed by atoms with E-state index in [-0.39, 0.29) is 18.0 Å². The number of nitro groups is 1. The van der Waals surface area contributed by atoms with Crippen LogP contribution in [0.15, 0.2) is 48.5 Å². The molecule has 0 bridgehead atoms. The van der Waals surface area contributed by atoms with E-state index in [0.29, 0.717) is 17.1 Å². The Morgan fingerprint density at radius 3 is 2.68 bits per heavy atom. The Bertz CT molecular complexity index is 852. The van der Waals surface area contributed by atoms with Gasteiger partial charge in [-0.05, 0) is 18.2 Å². The van der Waals surface area contributed by atoms with Gasteiger partial charge in [0.2, 0.25) is 5.91 Å². The van der Waals surface area contributed by atoms with Crippen LogP contribution in [0.5, 0.6) is 5.75 Å². The predicted octanol–water partition coefficient (Wildman–Crippen LogP) is 2.35. The molecule has 1 aliphatic rings. The monoisotopic (exact) mass is 341 g/mol. The molecule has 8 nitrogen and oxygen atoms in total. The molecule has 0 radical (unpaired) electrons. The van der Waals surface area contributed by atoms with Gasteiger partial charge in [0, 0.05) is 17.8 Å². The zero-order valence-corrected chi connectivity index (χ0v) is 13.3. The largest absolute Gasteiger partial charge is 0.495 e. The van der Waals surface area contributed by atoms with Crippen molar-refractivity contribution >= 4 is 28.9 Å². The van der Waals surface area contributed by atoms with E-state index >= 15 is 0 Å². The second kappa shape index (κ2) is 6.60. The zero-order valence-electron chi connectivity index (χ0n) is 13.3. The summed E-state index contributed by atoms with van der Waals surface area (Å²) in [6, 6.07) is 11.8. The third kappa shape index (κ3) is 3.14. The molecule has 25 heavy (non-hydrogen) atoms. The minimum Gasteiger partial charge on any atom is -0.495 e. The summed E-state index contributed by atoms with van der Waals surface area (Å²) in [4.78, 5) is 36.4. The highest BCUT2D eigenvalue weighted by atomic mass is 16.6. The standard InChI is InChI=1S/C17H15N3O5/c1-25-15-8-3-2-7-14(15)19-16(21)10-13(17(19)22)18-11-5-4-6-12(9-11)20(23)24/h2-9,13,18H,10H2,1H3/t13-/m0/s1. The summed E-state index contributed by atoms with van der Waals surface area (Å²) in [5, 5.41) is 13.7. The van der Waals surface area contributed by atoms with E-state index in [4.69, 9.17) is 4.74 Å². The van der Waals surface area contributed by atoms with E-state index in [1.807, 2.05) is 0 Å². The van der Waals surface area contributed by atoms with Crippen molar-refractivity contribution in [2.45, 2.75) is 12.5 Å². The third-order valence-corrected chi connectivity index (χ3v) is 3.87. The fourth-order valence-corrected chi connectivity index (χ4v) is 2.72. The number of nitrogens with one attached hydrogen (secondary N) is 1. The summed E-state index contributed by atoms with van der Waals surface area (Å²) in [5.41, 5.74) is 0.689. The molecule has 0 aromatic heterocycles. The maximum absolute atomic E-state index is 12.7. The van der Waals surface area contributed by atoms with Gasteiger partial charge in [0.05, 0.1) is 24.1 Å². The van der Waals surface area contributed by atoms with Crippen molar-refractivity contribution in [1.29, 1.82) is 0 Å². The molecule has 1 saturated heterocycles. The number of carbonyl (C=O) groups is 2. The Morgan fingerprint density at radius 1 is 1.20 bits per heavy atom. The lowest BCUT2D eigenvalue weighted by molar-refractivity contribution is -0.384. The number of amides is 2. The van der Waals surface area contributed by atoms with Gasteiger partial charge < -0.3 is 10.1 Å². The fraction of sp³-hybridized carbons (Fsp3) is 0.176. The highest BCUT2D eigenvalue weighted by Crippen LogP contribution is 2.32. The Balaban J connectivity index is 1.84. The molecule has 1 atom stereocenters. The second-order valence-electron chi connectivity index (χ2n) is 5.45. The topological polar surface area (TPSA) is 102 Å². The van der Waals surface area contributed by atoms with E-state index in [9.17, 15) is 19.7 Å². The minimum atomic E-state index is -0.792. The highest BCUT2D eigenvalue weighted by Gasteiger charge is 2.40. The van der Waals surface area contributed by atoms with Crippen LogP contribution in [0.3, 0.4) is 0 Å². The van der Waals surface area contributed by atoms with Crippen LogP contribution in [0.2, 0.25) is 0 Å². The zero-order chi connectivity index (χ0) is 18.0. The molecule has 1 heterocycles. The summed E-state index contributed by atoms with van der Waals surface area (Å²) >= 11 is 0. The number of hydrogen-bond donors (Lipinski definition) is 1. The normalized spacial score (nSPS) is 16.8. The molecular formula is C17H15N3O5. The van der Waals surface area contributed by atoms with Crippen LogP contribution in [0, 0.1) is 10.1 Å². The van der Waals surface area contributed by atoms with E-state index in [1.54, 1.807) is 30.3 Å². The van der Waals surface area contributed by atoms with Crippen LogP contribution >= 0.6 is 0 Å². The molecule has 2 amide bonds. The molecule has 3 rings (SSSR count). The number of ether oxygens (including phenoxy) is 1. The van der Waals surface area contributed by atoms with Crippen molar-refractivity contribution in [1.82, 2.24) is 0 Å². The van der Waals surface area contributed by atoms with Crippen molar-refractivity contribution in [3.05, 3.63) is 58.6 Å². The van der Waals surface area contributed by atoms with Gasteiger partial charge >= 0.3 is 0 Å². The van der Waals surface area contributed by atoms with Gasteiger partial charge in [-0.3, -0.25) is 19.7 Å². The summed E-state index contributed by atoms with van der Waals surface area (Å²) < 4.78 is 5.21. The van der Waals surface area contributed by atoms with E-state index in [1.165, 1.54) is 25.3 Å². The Labute approximate surface area is 143 Å². The smallest absolute Gasteiger partial charge is 0.271 e. The number of imide groups is 1. The number of non-ortho nitro benzene ring substituents is 1. The molecule has 1 fully saturated rings. The number of nitro benzene ring substituents is 1. The van der Waals surface area contributed by atoms with Gasteiger partial charge in [0.1, 0.15) is 11.8 Å². The number of benzene rings is 2. The summed E-state index contributed by atoms with van der Waals surface area (Å²) in [6.45, 7) is 0. The lowest BCUT2D eigenvalue weighted by Crippen LogP contribution is -2.35. The van der Waals surface area contributed by atoms with Gasteiger partial charge in [-0.1, -0.05) is 18.2 Å². The number of methoxy groups -OCH3 is 1. The van der Waals surface area contributed by atoms with Crippen LogP contribution in [-0.2, 0) is 9.59 Å². The molecule has 2 aromatic rings. The number of nitrogens with zero attached hydrogens (tertiary/aromatic N) is 2. The number of hydrogen-bond acceptors (Lipinski definition) is 6. The van der Waals surface area contributed by atoms with Crippen molar-refractivity contribution in [2.24, 2.45) is 0 Å². The van der Waals surface area contributed by atoms with Gasteiger partial charge in [-0.2, -0.15) is 0 Å². The van der Waals surface area contributed by atoms with Crippen molar-refractivity contribution < 1.29 is 19.2 Å². The first-order valence-electron chi connectivity index (χ1n) is 7.52. The summed E-state index contributed by atoms with van der Waals surface area (Å²) in [6.07, 6.45) is -0.0421. The van der Waals surface area contributed by atoms with E-state index < -0.39 is 16.9 Å². The van der Waals surface area contributed by atoms with Crippen LogP contribution in [0.1, 0.15) is 6.42 Å². The third-order valence-electron chi connectivity index (χ3n) is 3.87. The molecule has 1 aliphatic heterocycles. The van der Waals surface area contributed by atoms with E-state index in [0.717, 1.165) is 4.90 Å². The average Bonchev–Trinajstić information content (AvgIpc) is 2.88. The first kappa shape index (κ1) is 16.4. The highest BCUT2D eigenvalue weighted by molar-refractivity contribution is 6.23. The van der Waals surface area contributed by atoms with E-state index in [2.05, 4.69) is 5.32 Å². The number of anilines is 2. The predicted molar refractivity (Wildman–Crippen MR) is 90.6 cm³/mol. The Kier molecular flexibility index (Phi) is 4.34. The molecule has 8 heteroatoms. The van der Waals surface area contributed by atoms with Crippen molar-refractivity contribution in [2.75, 3.05) is 17.3 Å². The maximum Gasteiger partial charge on any atom is 0.271 e. The summed E-state index contributed by atoms with van der Waals surface area (Å²) in [5.74, 6) is -0.376. The lowest BCUT2D eigenvalue weighted by atomic mass is 10.2. The molecule has 1 N–H and O–H groups in total. The first-order valence-corrected chi connectivity index (χ1v) is 7.52. The average molecular weight is 341 g/mol. The van der Waals surface area contributed by atoms with Crippen LogP contribution in [0.25, 0.3) is 0 Å². The fourth-order valence-electron chi connectivity index (χ4n) is 2.72. The Hall–Kier alpha value is -3.42. The summed E-state index contributed by atoms with van der Waals surface area (Å²) in [7, 11) is 1.46. The second-order valence-corrected chi connectivity index (χ2v) is 5.45. The molecule has 0 unspecified atom stereocenters. The SMILES string of the molecule is COc1ccccc1N1C(=O)C[C@H](Nc2cccc([N+](=O)[O-])c2)C1=O. The van der Waals surface area contributed by atoms with Crippen molar-refractivity contribution in [3.63, 3.8) is 0 Å². The molecule has 2 aromatic carbocycles. The molecule has 0 aliphatic carbocycles. The molecule has 0 saturated carbocycles. The number of carbonyl (C=O) groups excluding carboxylic acids is 2. The first-order chi connectivity index (χ1) is 12.0. The minimum absolute atomic E-state index is 0.0421. The van der Waals surface area contributed by atoms with Gasteiger partial charge in [0.25, 0.3) is 11.6 Å². The lowest BCUT2D eigenvalue weighted by Gasteiger charge is -2.18. The van der Waals surface area contributed by atoms with Gasteiger partial charge in [-0.25, -0.2) is 4.90 Å². The molecule has 0 spiro atoms. The van der Waals surface area contributed by atoms with Crippen LogP contribution in [-0.4, -0.2) is 29.9 Å². The molecular weight excluding hydrogens is 326 g/mol.